The van der Waals surface area contributed by atoms with Crippen molar-refractivity contribution in [1.29, 1.82) is 0 Å². The zero-order chi connectivity index (χ0) is 11.5. The largest absolute Gasteiger partial charge is 0.379 e. The Labute approximate surface area is 98.6 Å². The lowest BCUT2D eigenvalue weighted by atomic mass is 10.2. The Kier molecular flexibility index (Phi) is 3.36. The minimum Gasteiger partial charge on any atom is -0.379 e. The van der Waals surface area contributed by atoms with Gasteiger partial charge in [0.1, 0.15) is 11.9 Å². The molecule has 5 heteroatoms. The molecular formula is C11H15N3OS. The minimum atomic E-state index is -0.658. The summed E-state index contributed by atoms with van der Waals surface area (Å²) in [5, 5.41) is 10.2. The van der Waals surface area contributed by atoms with Gasteiger partial charge < -0.3 is 9.67 Å². The average molecular weight is 237 g/mol. The number of imidazole rings is 1. The molecule has 2 heterocycles. The molecule has 0 spiro atoms. The van der Waals surface area contributed by atoms with E-state index in [0.29, 0.717) is 5.82 Å². The molecule has 1 unspecified atom stereocenters. The van der Waals surface area contributed by atoms with Crippen LogP contribution in [0.15, 0.2) is 17.9 Å². The van der Waals surface area contributed by atoms with Crippen molar-refractivity contribution in [2.24, 2.45) is 0 Å². The second-order valence-corrected chi connectivity index (χ2v) is 4.57. The van der Waals surface area contributed by atoms with Crippen LogP contribution in [0.4, 0.5) is 0 Å². The van der Waals surface area contributed by atoms with Crippen molar-refractivity contribution in [2.75, 3.05) is 0 Å². The van der Waals surface area contributed by atoms with E-state index in [9.17, 15) is 5.11 Å². The van der Waals surface area contributed by atoms with Gasteiger partial charge in [0.15, 0.2) is 0 Å². The molecule has 2 aromatic rings. The van der Waals surface area contributed by atoms with Crippen LogP contribution in [0, 0.1) is 6.92 Å². The lowest BCUT2D eigenvalue weighted by Gasteiger charge is -2.11. The molecule has 0 radical (unpaired) electrons. The number of aliphatic hydroxyl groups excluding tert-OH is 1. The molecule has 0 saturated carbocycles. The lowest BCUT2D eigenvalue weighted by Crippen LogP contribution is -2.09. The molecule has 0 aromatic carbocycles. The van der Waals surface area contributed by atoms with Crippen molar-refractivity contribution < 1.29 is 5.11 Å². The first-order valence-electron chi connectivity index (χ1n) is 5.33. The molecule has 0 aliphatic heterocycles. The van der Waals surface area contributed by atoms with Crippen LogP contribution in [-0.4, -0.2) is 19.6 Å². The van der Waals surface area contributed by atoms with E-state index in [1.807, 2.05) is 17.7 Å². The maximum atomic E-state index is 10.2. The zero-order valence-corrected chi connectivity index (χ0v) is 10.2. The van der Waals surface area contributed by atoms with Crippen molar-refractivity contribution in [2.45, 2.75) is 32.9 Å². The monoisotopic (exact) mass is 237 g/mol. The van der Waals surface area contributed by atoms with Gasteiger partial charge in [-0.2, -0.15) is 0 Å². The smallest absolute Gasteiger partial charge is 0.148 e. The second-order valence-electron chi connectivity index (χ2n) is 3.68. The molecule has 16 heavy (non-hydrogen) atoms. The Morgan fingerprint density at radius 2 is 2.31 bits per heavy atom. The highest BCUT2D eigenvalue weighted by Gasteiger charge is 2.19. The third-order valence-corrected chi connectivity index (χ3v) is 3.47. The van der Waals surface area contributed by atoms with E-state index in [-0.39, 0.29) is 0 Å². The summed E-state index contributed by atoms with van der Waals surface area (Å²) in [7, 11) is 0. The first-order valence-corrected chi connectivity index (χ1v) is 6.21. The standard InChI is InChI=1S/C11H15N3OS/c1-3-5-14-6-4-12-11(14)9(15)10-8(2)13-7-16-10/h4,6-7,9,15H,3,5H2,1-2H3. The first kappa shape index (κ1) is 11.3. The summed E-state index contributed by atoms with van der Waals surface area (Å²) in [5.74, 6) is 0.703. The van der Waals surface area contributed by atoms with Gasteiger partial charge in [-0.05, 0) is 13.3 Å². The van der Waals surface area contributed by atoms with Crippen LogP contribution in [0.5, 0.6) is 0 Å². The molecule has 4 nitrogen and oxygen atoms in total. The summed E-state index contributed by atoms with van der Waals surface area (Å²) in [6.07, 6.45) is 4.00. The van der Waals surface area contributed by atoms with Crippen LogP contribution in [0.3, 0.4) is 0 Å². The first-order chi connectivity index (χ1) is 7.74. The van der Waals surface area contributed by atoms with Crippen LogP contribution < -0.4 is 0 Å². The Balaban J connectivity index is 2.30. The van der Waals surface area contributed by atoms with Gasteiger partial charge in [0.05, 0.1) is 16.1 Å². The second kappa shape index (κ2) is 4.76. The van der Waals surface area contributed by atoms with E-state index in [0.717, 1.165) is 23.5 Å². The Morgan fingerprint density at radius 1 is 1.50 bits per heavy atom. The number of rotatable bonds is 4. The van der Waals surface area contributed by atoms with Gasteiger partial charge >= 0.3 is 0 Å². The van der Waals surface area contributed by atoms with E-state index in [1.54, 1.807) is 11.7 Å². The van der Waals surface area contributed by atoms with Gasteiger partial charge in [-0.15, -0.1) is 11.3 Å². The SMILES string of the molecule is CCCn1ccnc1C(O)c1scnc1C. The van der Waals surface area contributed by atoms with Gasteiger partial charge in [-0.3, -0.25) is 0 Å². The Morgan fingerprint density at radius 3 is 2.94 bits per heavy atom. The Bertz CT molecular complexity index is 463. The van der Waals surface area contributed by atoms with Crippen molar-refractivity contribution >= 4 is 11.3 Å². The number of thiazole rings is 1. The summed E-state index contributed by atoms with van der Waals surface area (Å²) in [5.41, 5.74) is 2.63. The average Bonchev–Trinajstić information content (AvgIpc) is 2.87. The maximum Gasteiger partial charge on any atom is 0.148 e. The van der Waals surface area contributed by atoms with Crippen molar-refractivity contribution in [3.8, 4) is 0 Å². The number of hydrogen-bond acceptors (Lipinski definition) is 4. The highest BCUT2D eigenvalue weighted by atomic mass is 32.1. The van der Waals surface area contributed by atoms with Crippen LogP contribution in [0.1, 0.15) is 35.8 Å². The maximum absolute atomic E-state index is 10.2. The van der Waals surface area contributed by atoms with Crippen molar-refractivity contribution in [3.05, 3.63) is 34.3 Å². The lowest BCUT2D eigenvalue weighted by molar-refractivity contribution is 0.207. The summed E-state index contributed by atoms with van der Waals surface area (Å²) >= 11 is 1.47. The summed E-state index contributed by atoms with van der Waals surface area (Å²) < 4.78 is 1.99. The van der Waals surface area contributed by atoms with Gasteiger partial charge in [0.2, 0.25) is 0 Å². The molecular weight excluding hydrogens is 222 g/mol. The van der Waals surface area contributed by atoms with Crippen molar-refractivity contribution in [3.63, 3.8) is 0 Å². The summed E-state index contributed by atoms with van der Waals surface area (Å²) in [6, 6.07) is 0. The minimum absolute atomic E-state index is 0.658. The molecule has 0 aliphatic rings. The summed E-state index contributed by atoms with van der Waals surface area (Å²) in [6.45, 7) is 4.89. The molecule has 0 aliphatic carbocycles. The van der Waals surface area contributed by atoms with Gasteiger partial charge in [0.25, 0.3) is 0 Å². The highest BCUT2D eigenvalue weighted by Crippen LogP contribution is 2.26. The topological polar surface area (TPSA) is 50.9 Å². The van der Waals surface area contributed by atoms with E-state index >= 15 is 0 Å². The van der Waals surface area contributed by atoms with Crippen LogP contribution in [0.2, 0.25) is 0 Å². The van der Waals surface area contributed by atoms with Crippen LogP contribution in [0.25, 0.3) is 0 Å². The number of aromatic nitrogens is 3. The predicted octanol–water partition coefficient (Wildman–Crippen LogP) is 2.14. The Hall–Kier alpha value is -1.20. The van der Waals surface area contributed by atoms with Gasteiger partial charge in [0, 0.05) is 18.9 Å². The highest BCUT2D eigenvalue weighted by molar-refractivity contribution is 7.09. The predicted molar refractivity (Wildman–Crippen MR) is 63.4 cm³/mol. The van der Waals surface area contributed by atoms with Gasteiger partial charge in [-0.25, -0.2) is 9.97 Å². The van der Waals surface area contributed by atoms with Crippen LogP contribution >= 0.6 is 11.3 Å². The molecule has 2 rings (SSSR count). The third-order valence-electron chi connectivity index (χ3n) is 2.49. The molecule has 86 valence electrons. The third kappa shape index (κ3) is 2.01. The van der Waals surface area contributed by atoms with Gasteiger partial charge in [-0.1, -0.05) is 6.92 Å². The normalized spacial score (nSPS) is 12.9. The van der Waals surface area contributed by atoms with Crippen molar-refractivity contribution in [1.82, 2.24) is 14.5 Å². The zero-order valence-electron chi connectivity index (χ0n) is 9.42. The number of nitrogens with zero attached hydrogens (tertiary/aromatic N) is 3. The molecule has 1 N–H and O–H groups in total. The molecule has 0 bridgehead atoms. The molecule has 0 amide bonds. The molecule has 2 aromatic heterocycles. The number of aryl methyl sites for hydroxylation is 2. The summed E-state index contributed by atoms with van der Waals surface area (Å²) in [4.78, 5) is 9.25. The van der Waals surface area contributed by atoms with E-state index in [1.165, 1.54) is 11.3 Å². The fourth-order valence-electron chi connectivity index (χ4n) is 1.69. The molecule has 0 saturated heterocycles. The molecule has 1 atom stereocenters. The van der Waals surface area contributed by atoms with Crippen LogP contribution in [-0.2, 0) is 6.54 Å². The van der Waals surface area contributed by atoms with E-state index in [4.69, 9.17) is 0 Å². The van der Waals surface area contributed by atoms with E-state index < -0.39 is 6.10 Å². The molecule has 0 fully saturated rings. The van der Waals surface area contributed by atoms with E-state index in [2.05, 4.69) is 16.9 Å². The number of hydrogen-bond donors (Lipinski definition) is 1. The fourth-order valence-corrected chi connectivity index (χ4v) is 2.47. The fraction of sp³-hybridized carbons (Fsp3) is 0.455. The number of aliphatic hydroxyl groups is 1. The quantitative estimate of drug-likeness (QED) is 0.886.